The van der Waals surface area contributed by atoms with Crippen LogP contribution in [0.2, 0.25) is 0 Å². The van der Waals surface area contributed by atoms with Gasteiger partial charge in [0.1, 0.15) is 0 Å². The van der Waals surface area contributed by atoms with Crippen LogP contribution in [-0.4, -0.2) is 16.4 Å². The highest BCUT2D eigenvalue weighted by Crippen LogP contribution is 2.69. The van der Waals surface area contributed by atoms with Crippen molar-refractivity contribution in [1.82, 2.24) is 0 Å². The van der Waals surface area contributed by atoms with Crippen molar-refractivity contribution >= 4 is 11.8 Å². The van der Waals surface area contributed by atoms with Crippen LogP contribution in [-0.2, 0) is 0 Å². The van der Waals surface area contributed by atoms with E-state index in [4.69, 9.17) is 0 Å². The number of rotatable bonds is 0. The fourth-order valence-electron chi connectivity index (χ4n) is 3.35. The van der Waals surface area contributed by atoms with Gasteiger partial charge in [0.15, 0.2) is 0 Å². The van der Waals surface area contributed by atoms with Crippen LogP contribution < -0.4 is 0 Å². The third-order valence-electron chi connectivity index (χ3n) is 3.93. The molecule has 5 heteroatoms. The Hall–Kier alpha value is 0.0700. The Balaban J connectivity index is 2.00. The Morgan fingerprint density at radius 2 is 1.64 bits per heavy atom. The van der Waals surface area contributed by atoms with E-state index in [1.807, 2.05) is 0 Å². The van der Waals surface area contributed by atoms with Gasteiger partial charge >= 0.3 is 11.2 Å². The normalized spacial score (nSPS) is 52.3. The summed E-state index contributed by atoms with van der Waals surface area (Å²) in [6.07, 6.45) is 2.33. The summed E-state index contributed by atoms with van der Waals surface area (Å²) in [7, 11) is 0. The average Bonchev–Trinajstić information content (AvgIpc) is 2.64. The first-order valence-corrected chi connectivity index (χ1v) is 5.75. The van der Waals surface area contributed by atoms with Crippen molar-refractivity contribution in [1.29, 1.82) is 0 Å². The van der Waals surface area contributed by atoms with Crippen molar-refractivity contribution in [2.45, 2.75) is 35.7 Å². The van der Waals surface area contributed by atoms with Crippen LogP contribution in [0.25, 0.3) is 0 Å². The van der Waals surface area contributed by atoms with Gasteiger partial charge in [-0.2, -0.15) is 17.6 Å². The van der Waals surface area contributed by atoms with Crippen LogP contribution in [0.3, 0.4) is 0 Å². The van der Waals surface area contributed by atoms with E-state index < -0.39 is 22.3 Å². The number of fused-ring (bicyclic) bond motifs is 5. The molecule has 0 amide bonds. The Morgan fingerprint density at radius 3 is 2.29 bits per heavy atom. The van der Waals surface area contributed by atoms with Gasteiger partial charge in [0.05, 0.1) is 0 Å². The van der Waals surface area contributed by atoms with Gasteiger partial charge in [-0.05, 0) is 31.1 Å². The summed E-state index contributed by atoms with van der Waals surface area (Å²) < 4.78 is 52.8. The average molecular weight is 226 g/mol. The smallest absolute Gasteiger partial charge is 0.198 e. The Morgan fingerprint density at radius 1 is 1.00 bits per heavy atom. The lowest BCUT2D eigenvalue weighted by Crippen LogP contribution is -2.41. The van der Waals surface area contributed by atoms with E-state index in [-0.39, 0.29) is 23.6 Å². The fraction of sp³-hybridized carbons (Fsp3) is 1.00. The van der Waals surface area contributed by atoms with Crippen LogP contribution in [0.4, 0.5) is 17.6 Å². The van der Waals surface area contributed by atoms with Gasteiger partial charge < -0.3 is 0 Å². The molecule has 0 aromatic heterocycles. The van der Waals surface area contributed by atoms with Gasteiger partial charge in [0.25, 0.3) is 0 Å². The van der Waals surface area contributed by atoms with Crippen LogP contribution >= 0.6 is 11.8 Å². The molecule has 0 aromatic rings. The van der Waals surface area contributed by atoms with Gasteiger partial charge in [-0.15, -0.1) is 0 Å². The third-order valence-corrected chi connectivity index (χ3v) is 5.45. The molecule has 2 bridgehead atoms. The molecule has 80 valence electrons. The highest BCUT2D eigenvalue weighted by atomic mass is 32.2. The molecule has 1 heterocycles. The molecule has 0 N–H and O–H groups in total. The van der Waals surface area contributed by atoms with E-state index >= 15 is 0 Å². The molecule has 0 radical (unpaired) electrons. The summed E-state index contributed by atoms with van der Waals surface area (Å²) in [6, 6.07) is 0. The molecular formula is C9H10F4S. The minimum absolute atomic E-state index is 0.120. The lowest BCUT2D eigenvalue weighted by Gasteiger charge is -2.27. The summed E-state index contributed by atoms with van der Waals surface area (Å²) in [6.45, 7) is 0. The zero-order chi connectivity index (χ0) is 10.1. The predicted molar refractivity (Wildman–Crippen MR) is 45.6 cm³/mol. The zero-order valence-electron chi connectivity index (χ0n) is 7.35. The van der Waals surface area contributed by atoms with E-state index in [1.54, 1.807) is 0 Å². The maximum Gasteiger partial charge on any atom is 0.356 e. The van der Waals surface area contributed by atoms with E-state index in [9.17, 15) is 17.6 Å². The maximum atomic E-state index is 13.4. The minimum atomic E-state index is -3.83. The first-order chi connectivity index (χ1) is 6.43. The fourth-order valence-corrected chi connectivity index (χ4v) is 4.97. The van der Waals surface area contributed by atoms with E-state index in [2.05, 4.69) is 0 Å². The molecule has 0 nitrogen and oxygen atoms in total. The molecule has 3 rings (SSSR count). The second-order valence-corrected chi connectivity index (χ2v) is 5.87. The molecule has 0 unspecified atom stereocenters. The second-order valence-electron chi connectivity index (χ2n) is 4.58. The van der Waals surface area contributed by atoms with Gasteiger partial charge in [0.2, 0.25) is 0 Å². The minimum Gasteiger partial charge on any atom is -0.198 e. The lowest BCUT2D eigenvalue weighted by atomic mass is 9.84. The van der Waals surface area contributed by atoms with Crippen molar-refractivity contribution in [3.8, 4) is 0 Å². The van der Waals surface area contributed by atoms with Gasteiger partial charge in [0, 0.05) is 11.2 Å². The van der Waals surface area contributed by atoms with Crippen molar-refractivity contribution in [2.24, 2.45) is 17.8 Å². The molecule has 2 aliphatic carbocycles. The van der Waals surface area contributed by atoms with E-state index in [1.165, 1.54) is 0 Å². The van der Waals surface area contributed by atoms with Crippen LogP contribution in [0.1, 0.15) is 19.3 Å². The molecule has 14 heavy (non-hydrogen) atoms. The highest BCUT2D eigenvalue weighted by molar-refractivity contribution is 8.01. The van der Waals surface area contributed by atoms with Gasteiger partial charge in [-0.3, -0.25) is 0 Å². The Kier molecular flexibility index (Phi) is 1.61. The molecule has 2 saturated carbocycles. The van der Waals surface area contributed by atoms with E-state index in [0.717, 1.165) is 19.3 Å². The topological polar surface area (TPSA) is 0 Å². The molecule has 0 aromatic carbocycles. The van der Waals surface area contributed by atoms with Gasteiger partial charge in [-0.25, -0.2) is 0 Å². The van der Waals surface area contributed by atoms with Crippen LogP contribution in [0.5, 0.6) is 0 Å². The van der Waals surface area contributed by atoms with Crippen molar-refractivity contribution in [3.63, 3.8) is 0 Å². The van der Waals surface area contributed by atoms with Gasteiger partial charge in [-0.1, -0.05) is 11.8 Å². The van der Waals surface area contributed by atoms with E-state index in [0.29, 0.717) is 0 Å². The number of hydrogen-bond donors (Lipinski definition) is 0. The number of hydrogen-bond acceptors (Lipinski definition) is 1. The zero-order valence-corrected chi connectivity index (χ0v) is 8.17. The SMILES string of the molecule is FC1(F)S[C@@H]2[C@@H]3CC[C@@H](C3)[C@H]2C1(F)F. The molecule has 1 saturated heterocycles. The van der Waals surface area contributed by atoms with Crippen LogP contribution in [0.15, 0.2) is 0 Å². The molecule has 1 aliphatic heterocycles. The maximum absolute atomic E-state index is 13.4. The summed E-state index contributed by atoms with van der Waals surface area (Å²) in [5, 5.41) is -4.32. The molecule has 3 aliphatic rings. The first kappa shape index (κ1) is 9.31. The first-order valence-electron chi connectivity index (χ1n) is 4.87. The second kappa shape index (κ2) is 2.42. The van der Waals surface area contributed by atoms with Crippen molar-refractivity contribution < 1.29 is 17.6 Å². The number of thioether (sulfide) groups is 1. The Bertz CT molecular complexity index is 278. The van der Waals surface area contributed by atoms with Crippen molar-refractivity contribution in [3.05, 3.63) is 0 Å². The number of halogens is 4. The molecule has 3 fully saturated rings. The highest BCUT2D eigenvalue weighted by Gasteiger charge is 2.75. The molecule has 0 spiro atoms. The number of alkyl halides is 4. The summed E-state index contributed by atoms with van der Waals surface area (Å²) in [5.41, 5.74) is 0. The standard InChI is InChI=1S/C9H10F4S/c10-8(11)6-4-1-2-5(3-4)7(6)14-9(8,12)13/h4-7H,1-3H2/t4-,5+,6+,7+/m0/s1. The molecule has 4 atom stereocenters. The monoisotopic (exact) mass is 226 g/mol. The summed E-state index contributed by atoms with van der Waals surface area (Å²) >= 11 is 0.225. The summed E-state index contributed by atoms with van der Waals surface area (Å²) in [4.78, 5) is 0. The molecular weight excluding hydrogens is 216 g/mol. The third kappa shape index (κ3) is 0.877. The summed E-state index contributed by atoms with van der Waals surface area (Å²) in [5.74, 6) is -4.86. The Labute approximate surface area is 83.4 Å². The lowest BCUT2D eigenvalue weighted by molar-refractivity contribution is -0.182. The predicted octanol–water partition coefficient (Wildman–Crippen LogP) is 3.38. The quantitative estimate of drug-likeness (QED) is 0.570. The van der Waals surface area contributed by atoms with Crippen LogP contribution in [0, 0.1) is 17.8 Å². The van der Waals surface area contributed by atoms with Crippen molar-refractivity contribution in [2.75, 3.05) is 0 Å². The largest absolute Gasteiger partial charge is 0.356 e.